The fourth-order valence-corrected chi connectivity index (χ4v) is 2.91. The molecule has 5 nitrogen and oxygen atoms in total. The lowest BCUT2D eigenvalue weighted by molar-refractivity contribution is 0.0652. The van der Waals surface area contributed by atoms with Crippen LogP contribution in [0.2, 0.25) is 0 Å². The van der Waals surface area contributed by atoms with Gasteiger partial charge >= 0.3 is 11.9 Å². The van der Waals surface area contributed by atoms with Gasteiger partial charge in [-0.05, 0) is 18.4 Å². The van der Waals surface area contributed by atoms with E-state index in [2.05, 4.69) is 0 Å². The maximum absolute atomic E-state index is 11.5. The molecule has 0 saturated carbocycles. The van der Waals surface area contributed by atoms with Gasteiger partial charge in [-0.15, -0.1) is 0 Å². The Morgan fingerprint density at radius 2 is 1.65 bits per heavy atom. The first-order valence-corrected chi connectivity index (χ1v) is 6.38. The SMILES string of the molecule is O=C(O)c1c(C(=O)O)c(-c2ccccc2)n2c1CCC2. The van der Waals surface area contributed by atoms with Gasteiger partial charge < -0.3 is 14.8 Å². The molecule has 2 heterocycles. The number of hydrogen-bond acceptors (Lipinski definition) is 2. The van der Waals surface area contributed by atoms with E-state index >= 15 is 0 Å². The minimum atomic E-state index is -1.19. The monoisotopic (exact) mass is 271 g/mol. The highest BCUT2D eigenvalue weighted by atomic mass is 16.4. The van der Waals surface area contributed by atoms with Crippen LogP contribution in [0.4, 0.5) is 0 Å². The number of carboxylic acid groups (broad SMARTS) is 2. The first-order valence-electron chi connectivity index (χ1n) is 6.38. The second-order valence-corrected chi connectivity index (χ2v) is 4.78. The van der Waals surface area contributed by atoms with Crippen molar-refractivity contribution < 1.29 is 19.8 Å². The first kappa shape index (κ1) is 12.5. The average molecular weight is 271 g/mol. The van der Waals surface area contributed by atoms with Crippen LogP contribution in [0, 0.1) is 0 Å². The molecule has 5 heteroatoms. The summed E-state index contributed by atoms with van der Waals surface area (Å²) >= 11 is 0. The van der Waals surface area contributed by atoms with Gasteiger partial charge in [-0.25, -0.2) is 9.59 Å². The Balaban J connectivity index is 2.37. The zero-order valence-corrected chi connectivity index (χ0v) is 10.7. The molecule has 1 aromatic carbocycles. The summed E-state index contributed by atoms with van der Waals surface area (Å²) in [5, 5.41) is 18.8. The van der Waals surface area contributed by atoms with Gasteiger partial charge in [0.1, 0.15) is 0 Å². The smallest absolute Gasteiger partial charge is 0.338 e. The van der Waals surface area contributed by atoms with Crippen LogP contribution in [0.1, 0.15) is 32.8 Å². The number of carboxylic acids is 2. The Morgan fingerprint density at radius 3 is 2.25 bits per heavy atom. The largest absolute Gasteiger partial charge is 0.478 e. The van der Waals surface area contributed by atoms with Gasteiger partial charge in [-0.1, -0.05) is 30.3 Å². The number of aromatic carboxylic acids is 2. The number of fused-ring (bicyclic) bond motifs is 1. The average Bonchev–Trinajstić information content (AvgIpc) is 2.97. The van der Waals surface area contributed by atoms with Crippen molar-refractivity contribution in [2.45, 2.75) is 19.4 Å². The van der Waals surface area contributed by atoms with E-state index in [0.717, 1.165) is 12.0 Å². The summed E-state index contributed by atoms with van der Waals surface area (Å²) in [4.78, 5) is 23.0. The number of rotatable bonds is 3. The van der Waals surface area contributed by atoms with E-state index in [1.807, 2.05) is 22.8 Å². The van der Waals surface area contributed by atoms with E-state index < -0.39 is 11.9 Å². The quantitative estimate of drug-likeness (QED) is 0.898. The number of benzene rings is 1. The molecular formula is C15H13NO4. The van der Waals surface area contributed by atoms with Crippen molar-refractivity contribution in [3.05, 3.63) is 47.2 Å². The Hall–Kier alpha value is -2.56. The van der Waals surface area contributed by atoms with Gasteiger partial charge in [-0.2, -0.15) is 0 Å². The van der Waals surface area contributed by atoms with Gasteiger partial charge in [0.2, 0.25) is 0 Å². The third-order valence-electron chi connectivity index (χ3n) is 3.64. The van der Waals surface area contributed by atoms with E-state index in [0.29, 0.717) is 24.4 Å². The molecule has 102 valence electrons. The summed E-state index contributed by atoms with van der Waals surface area (Å²) in [5.74, 6) is -2.36. The van der Waals surface area contributed by atoms with E-state index in [-0.39, 0.29) is 11.1 Å². The zero-order valence-electron chi connectivity index (χ0n) is 10.7. The minimum Gasteiger partial charge on any atom is -0.478 e. The highest BCUT2D eigenvalue weighted by molar-refractivity contribution is 6.07. The van der Waals surface area contributed by atoms with Gasteiger partial charge in [0.15, 0.2) is 0 Å². The molecule has 1 aliphatic heterocycles. The van der Waals surface area contributed by atoms with Gasteiger partial charge in [-0.3, -0.25) is 0 Å². The molecule has 3 rings (SSSR count). The number of carbonyl (C=O) groups is 2. The lowest BCUT2D eigenvalue weighted by Crippen LogP contribution is -2.08. The van der Waals surface area contributed by atoms with Gasteiger partial charge in [0.05, 0.1) is 16.8 Å². The third-order valence-corrected chi connectivity index (χ3v) is 3.64. The third kappa shape index (κ3) is 1.71. The molecule has 20 heavy (non-hydrogen) atoms. The fourth-order valence-electron chi connectivity index (χ4n) is 2.91. The molecule has 0 unspecified atom stereocenters. The molecule has 2 aromatic rings. The molecule has 0 spiro atoms. The molecule has 0 aliphatic carbocycles. The lowest BCUT2D eigenvalue weighted by Gasteiger charge is -2.07. The van der Waals surface area contributed by atoms with Crippen molar-refractivity contribution in [2.75, 3.05) is 0 Å². The van der Waals surface area contributed by atoms with Gasteiger partial charge in [0, 0.05) is 12.2 Å². The Morgan fingerprint density at radius 1 is 1.00 bits per heavy atom. The van der Waals surface area contributed by atoms with Crippen LogP contribution in [0.15, 0.2) is 30.3 Å². The summed E-state index contributed by atoms with van der Waals surface area (Å²) < 4.78 is 1.84. The standard InChI is InChI=1S/C15H13NO4/c17-14(18)11-10-7-4-8-16(10)13(12(11)15(19)20)9-5-2-1-3-6-9/h1-3,5-6H,4,7-8H2,(H,17,18)(H,19,20). The van der Waals surface area contributed by atoms with E-state index in [9.17, 15) is 19.8 Å². The van der Waals surface area contributed by atoms with E-state index in [4.69, 9.17) is 0 Å². The van der Waals surface area contributed by atoms with Crippen LogP contribution >= 0.6 is 0 Å². The van der Waals surface area contributed by atoms with Crippen LogP contribution in [-0.4, -0.2) is 26.7 Å². The predicted molar refractivity (Wildman–Crippen MR) is 72.1 cm³/mol. The normalized spacial score (nSPS) is 13.2. The van der Waals surface area contributed by atoms with Crippen LogP contribution in [0.3, 0.4) is 0 Å². The Labute approximate surface area is 115 Å². The van der Waals surface area contributed by atoms with Crippen LogP contribution in [0.25, 0.3) is 11.3 Å². The highest BCUT2D eigenvalue weighted by Gasteiger charge is 2.33. The molecular weight excluding hydrogens is 258 g/mol. The van der Waals surface area contributed by atoms with Gasteiger partial charge in [0.25, 0.3) is 0 Å². The molecule has 1 aromatic heterocycles. The van der Waals surface area contributed by atoms with E-state index in [1.54, 1.807) is 12.1 Å². The highest BCUT2D eigenvalue weighted by Crippen LogP contribution is 2.35. The zero-order chi connectivity index (χ0) is 14.3. The summed E-state index contributed by atoms with van der Waals surface area (Å²) in [6.07, 6.45) is 1.45. The number of nitrogens with zero attached hydrogens (tertiary/aromatic N) is 1. The fraction of sp³-hybridized carbons (Fsp3) is 0.200. The lowest BCUT2D eigenvalue weighted by atomic mass is 10.0. The topological polar surface area (TPSA) is 79.5 Å². The predicted octanol–water partition coefficient (Wildman–Crippen LogP) is 2.50. The molecule has 0 fully saturated rings. The van der Waals surface area contributed by atoms with Crippen molar-refractivity contribution in [1.29, 1.82) is 0 Å². The molecule has 0 saturated heterocycles. The van der Waals surface area contributed by atoms with Crippen LogP contribution < -0.4 is 0 Å². The molecule has 0 atom stereocenters. The number of hydrogen-bond donors (Lipinski definition) is 2. The van der Waals surface area contributed by atoms with Crippen LogP contribution in [0.5, 0.6) is 0 Å². The summed E-state index contributed by atoms with van der Waals surface area (Å²) in [6, 6.07) is 9.08. The second-order valence-electron chi connectivity index (χ2n) is 4.78. The molecule has 0 radical (unpaired) electrons. The molecule has 0 bridgehead atoms. The van der Waals surface area contributed by atoms with Crippen molar-refractivity contribution in [3.8, 4) is 11.3 Å². The Bertz CT molecular complexity index is 700. The number of aromatic nitrogens is 1. The molecule has 0 amide bonds. The van der Waals surface area contributed by atoms with Crippen molar-refractivity contribution in [3.63, 3.8) is 0 Å². The minimum absolute atomic E-state index is 0.0612. The summed E-state index contributed by atoms with van der Waals surface area (Å²) in [7, 11) is 0. The summed E-state index contributed by atoms with van der Waals surface area (Å²) in [5.41, 5.74) is 1.70. The van der Waals surface area contributed by atoms with Crippen molar-refractivity contribution in [1.82, 2.24) is 4.57 Å². The molecule has 2 N–H and O–H groups in total. The first-order chi connectivity index (χ1) is 9.61. The van der Waals surface area contributed by atoms with Crippen molar-refractivity contribution >= 4 is 11.9 Å². The Kier molecular flexibility index (Phi) is 2.82. The van der Waals surface area contributed by atoms with Crippen LogP contribution in [-0.2, 0) is 13.0 Å². The molecule has 1 aliphatic rings. The van der Waals surface area contributed by atoms with E-state index in [1.165, 1.54) is 0 Å². The van der Waals surface area contributed by atoms with Crippen molar-refractivity contribution in [2.24, 2.45) is 0 Å². The maximum Gasteiger partial charge on any atom is 0.338 e. The second kappa shape index (κ2) is 4.52. The maximum atomic E-state index is 11.5. The summed E-state index contributed by atoms with van der Waals surface area (Å²) in [6.45, 7) is 0.660.